The summed E-state index contributed by atoms with van der Waals surface area (Å²) in [5, 5.41) is 6.39. The van der Waals surface area contributed by atoms with Gasteiger partial charge in [-0.05, 0) is 68.7 Å². The van der Waals surface area contributed by atoms with Crippen molar-refractivity contribution < 1.29 is 9.18 Å². The van der Waals surface area contributed by atoms with Crippen LogP contribution in [0, 0.1) is 11.7 Å². The van der Waals surface area contributed by atoms with Gasteiger partial charge in [-0.25, -0.2) is 14.2 Å². The highest BCUT2D eigenvalue weighted by Gasteiger charge is 2.29. The Kier molecular flexibility index (Phi) is 6.19. The zero-order valence-electron chi connectivity index (χ0n) is 23.2. The molecule has 1 saturated heterocycles. The van der Waals surface area contributed by atoms with Gasteiger partial charge in [-0.2, -0.15) is 0 Å². The maximum atomic E-state index is 15.1. The number of rotatable bonds is 4. The van der Waals surface area contributed by atoms with E-state index in [0.29, 0.717) is 47.8 Å². The normalized spacial score (nSPS) is 16.5. The first kappa shape index (κ1) is 25.6. The number of hydrogen-bond donors (Lipinski definition) is 2. The third-order valence-electron chi connectivity index (χ3n) is 8.68. The van der Waals surface area contributed by atoms with Crippen LogP contribution in [0.15, 0.2) is 53.7 Å². The van der Waals surface area contributed by atoms with Gasteiger partial charge >= 0.3 is 6.03 Å². The van der Waals surface area contributed by atoms with Crippen LogP contribution in [-0.4, -0.2) is 85.2 Å². The first-order valence-corrected chi connectivity index (χ1v) is 14.1. The zero-order chi connectivity index (χ0) is 28.2. The van der Waals surface area contributed by atoms with E-state index in [9.17, 15) is 9.59 Å². The van der Waals surface area contributed by atoms with Gasteiger partial charge in [0.05, 0.1) is 28.7 Å². The number of likely N-dealkylation sites (tertiary alicyclic amines) is 1. The summed E-state index contributed by atoms with van der Waals surface area (Å²) in [6, 6.07) is 8.66. The number of nitrogens with one attached hydrogen (secondary N) is 2. The Bertz CT molecular complexity index is 1820. The third kappa shape index (κ3) is 4.40. The average molecular weight is 557 g/mol. The number of urea groups is 1. The second kappa shape index (κ2) is 9.91. The lowest BCUT2D eigenvalue weighted by molar-refractivity contribution is 0.138. The van der Waals surface area contributed by atoms with Gasteiger partial charge in [0.15, 0.2) is 0 Å². The standard InChI is InChI=1S/C30H33FN8O2/c1-35-9-6-19(7-10-35)16-36(2)30(41)38-12-11-37-18-23(22-14-21(31)13-20(17-38)28(22)37)26-27(33-34-29(26)40)24-15-32-25-5-3-4-8-39(24)25/h3-5,8,13-15,18-19H,6-7,9-12,16-17H2,1-2H3,(H2,33,34,40). The van der Waals surface area contributed by atoms with Crippen LogP contribution in [0.4, 0.5) is 9.18 Å². The number of nitrogens with zero attached hydrogens (tertiary/aromatic N) is 6. The molecule has 0 atom stereocenters. The van der Waals surface area contributed by atoms with Crippen LogP contribution in [-0.2, 0) is 13.1 Å². The molecule has 212 valence electrons. The Hall–Kier alpha value is -4.38. The van der Waals surface area contributed by atoms with E-state index in [1.807, 2.05) is 51.8 Å². The smallest absolute Gasteiger partial charge is 0.320 e. The molecule has 2 aliphatic rings. The molecule has 1 aromatic carbocycles. The number of halogens is 1. The first-order valence-electron chi connectivity index (χ1n) is 14.1. The second-order valence-electron chi connectivity index (χ2n) is 11.4. The molecule has 5 aromatic rings. The Balaban J connectivity index is 1.24. The lowest BCUT2D eigenvalue weighted by Gasteiger charge is -2.33. The first-order chi connectivity index (χ1) is 19.9. The summed E-state index contributed by atoms with van der Waals surface area (Å²) in [7, 11) is 4.00. The van der Waals surface area contributed by atoms with Crippen molar-refractivity contribution in [3.63, 3.8) is 0 Å². The van der Waals surface area contributed by atoms with Gasteiger partial charge in [-0.15, -0.1) is 0 Å². The van der Waals surface area contributed by atoms with Crippen LogP contribution >= 0.6 is 0 Å². The number of benzene rings is 1. The van der Waals surface area contributed by atoms with E-state index in [1.165, 1.54) is 12.1 Å². The highest BCUT2D eigenvalue weighted by atomic mass is 19.1. The number of fused-ring (bicyclic) bond motifs is 1. The molecule has 0 spiro atoms. The Morgan fingerprint density at radius 2 is 1.98 bits per heavy atom. The van der Waals surface area contributed by atoms with Gasteiger partial charge in [0.2, 0.25) is 0 Å². The van der Waals surface area contributed by atoms with Crippen molar-refractivity contribution in [2.24, 2.45) is 5.92 Å². The molecule has 2 amide bonds. The lowest BCUT2D eigenvalue weighted by Crippen LogP contribution is -2.44. The monoisotopic (exact) mass is 556 g/mol. The van der Waals surface area contributed by atoms with E-state index in [1.54, 1.807) is 6.20 Å². The fraction of sp³-hybridized carbons (Fsp3) is 0.367. The van der Waals surface area contributed by atoms with E-state index in [4.69, 9.17) is 0 Å². The summed E-state index contributed by atoms with van der Waals surface area (Å²) in [4.78, 5) is 37.1. The fourth-order valence-corrected chi connectivity index (χ4v) is 6.54. The number of aromatic nitrogens is 5. The highest BCUT2D eigenvalue weighted by molar-refractivity contribution is 6.00. The van der Waals surface area contributed by atoms with E-state index in [0.717, 1.165) is 54.9 Å². The summed E-state index contributed by atoms with van der Waals surface area (Å²) >= 11 is 0. The average Bonchev–Trinajstić information content (AvgIpc) is 3.62. The summed E-state index contributed by atoms with van der Waals surface area (Å²) in [5.41, 5.74) is 4.43. The van der Waals surface area contributed by atoms with E-state index in [-0.39, 0.29) is 11.6 Å². The quantitative estimate of drug-likeness (QED) is 0.350. The number of carbonyl (C=O) groups is 1. The minimum atomic E-state index is -0.399. The Morgan fingerprint density at radius 1 is 1.15 bits per heavy atom. The number of hydrogen-bond acceptors (Lipinski definition) is 4. The Labute approximate surface area is 236 Å². The van der Waals surface area contributed by atoms with E-state index < -0.39 is 5.82 Å². The van der Waals surface area contributed by atoms with Crippen LogP contribution in [0.2, 0.25) is 0 Å². The van der Waals surface area contributed by atoms with Crippen LogP contribution < -0.4 is 5.56 Å². The Morgan fingerprint density at radius 3 is 2.80 bits per heavy atom. The molecular weight excluding hydrogens is 523 g/mol. The minimum Gasteiger partial charge on any atom is -0.345 e. The van der Waals surface area contributed by atoms with Crippen LogP contribution in [0.5, 0.6) is 0 Å². The molecule has 10 nitrogen and oxygen atoms in total. The molecule has 0 bridgehead atoms. The predicted octanol–water partition coefficient (Wildman–Crippen LogP) is 3.99. The SMILES string of the molecule is CN1CCC(CN(C)C(=O)N2CCn3cc(-c4c(-c5cnc6ccccn56)[nH][nH]c4=O)c4cc(F)cc(c43)C2)CC1. The highest BCUT2D eigenvalue weighted by Crippen LogP contribution is 2.37. The maximum Gasteiger partial charge on any atom is 0.320 e. The number of piperidine rings is 1. The number of aromatic amines is 2. The van der Waals surface area contributed by atoms with E-state index >= 15 is 4.39 Å². The van der Waals surface area contributed by atoms with Gasteiger partial charge < -0.3 is 19.3 Å². The topological polar surface area (TPSA) is 97.7 Å². The number of H-pyrrole nitrogens is 2. The zero-order valence-corrected chi connectivity index (χ0v) is 23.2. The summed E-state index contributed by atoms with van der Waals surface area (Å²) in [6.07, 6.45) is 7.69. The van der Waals surface area contributed by atoms with Crippen molar-refractivity contribution in [1.29, 1.82) is 0 Å². The van der Waals surface area contributed by atoms with Crippen LogP contribution in [0.3, 0.4) is 0 Å². The molecule has 4 aromatic heterocycles. The van der Waals surface area contributed by atoms with Gasteiger partial charge in [0, 0.05) is 56.6 Å². The number of pyridine rings is 1. The van der Waals surface area contributed by atoms with E-state index in [2.05, 4.69) is 31.7 Å². The predicted molar refractivity (Wildman–Crippen MR) is 155 cm³/mol. The van der Waals surface area contributed by atoms with Crippen molar-refractivity contribution in [2.45, 2.75) is 25.9 Å². The molecule has 0 saturated carbocycles. The molecule has 6 heterocycles. The molecule has 7 rings (SSSR count). The molecule has 0 unspecified atom stereocenters. The van der Waals surface area contributed by atoms with Crippen molar-refractivity contribution in [2.75, 3.05) is 40.3 Å². The molecule has 1 fully saturated rings. The maximum absolute atomic E-state index is 15.1. The van der Waals surface area contributed by atoms with Crippen molar-refractivity contribution >= 4 is 22.6 Å². The molecule has 41 heavy (non-hydrogen) atoms. The number of carbonyl (C=O) groups excluding carboxylic acids is 1. The van der Waals surface area contributed by atoms with Crippen molar-refractivity contribution in [3.8, 4) is 22.5 Å². The molecule has 2 N–H and O–H groups in total. The van der Waals surface area contributed by atoms with Gasteiger partial charge in [0.1, 0.15) is 11.5 Å². The summed E-state index contributed by atoms with van der Waals surface area (Å²) < 4.78 is 19.1. The minimum absolute atomic E-state index is 0.0377. The second-order valence-corrected chi connectivity index (χ2v) is 11.4. The lowest BCUT2D eigenvalue weighted by atomic mass is 9.97. The molecule has 0 radical (unpaired) electrons. The number of amides is 2. The molecular formula is C30H33FN8O2. The van der Waals surface area contributed by atoms with Crippen molar-refractivity contribution in [1.82, 2.24) is 38.8 Å². The summed E-state index contributed by atoms with van der Waals surface area (Å²) in [6.45, 7) is 4.16. The van der Waals surface area contributed by atoms with Gasteiger partial charge in [-0.3, -0.25) is 19.4 Å². The van der Waals surface area contributed by atoms with Crippen LogP contribution in [0.25, 0.3) is 39.1 Å². The van der Waals surface area contributed by atoms with Gasteiger partial charge in [-0.1, -0.05) is 6.07 Å². The molecule has 11 heteroatoms. The molecule has 0 aliphatic carbocycles. The largest absolute Gasteiger partial charge is 0.345 e. The third-order valence-corrected chi connectivity index (χ3v) is 8.68. The molecule has 2 aliphatic heterocycles. The van der Waals surface area contributed by atoms with Crippen molar-refractivity contribution in [3.05, 3.63) is 70.7 Å². The van der Waals surface area contributed by atoms with Crippen LogP contribution in [0.1, 0.15) is 18.4 Å². The summed E-state index contributed by atoms with van der Waals surface area (Å²) in [5.74, 6) is 0.0923. The fourth-order valence-electron chi connectivity index (χ4n) is 6.54. The van der Waals surface area contributed by atoms with Gasteiger partial charge in [0.25, 0.3) is 5.56 Å². The number of imidazole rings is 1.